The second-order valence-corrected chi connectivity index (χ2v) is 9.48. The van der Waals surface area contributed by atoms with E-state index in [1.54, 1.807) is 25.5 Å². The molecule has 3 aromatic rings. The normalized spacial score (nSPS) is 10.8. The molecule has 0 radical (unpaired) electrons. The van der Waals surface area contributed by atoms with E-state index in [9.17, 15) is 4.79 Å². The first-order valence-electron chi connectivity index (χ1n) is 8.80. The first-order valence-corrected chi connectivity index (χ1v) is 11.7. The maximum absolute atomic E-state index is 12.2. The summed E-state index contributed by atoms with van der Waals surface area (Å²) in [5, 5.41) is 4.06. The van der Waals surface area contributed by atoms with Gasteiger partial charge in [-0.1, -0.05) is 28.1 Å². The predicted molar refractivity (Wildman–Crippen MR) is 138 cm³/mol. The van der Waals surface area contributed by atoms with Crippen LogP contribution in [0.4, 0.5) is 0 Å². The SMILES string of the molecule is COc1cc(/C=N\NC(=O)c2ccc(I)cc2)cc(I)c1OCc1ccc(Br)cc1. The summed E-state index contributed by atoms with van der Waals surface area (Å²) in [5.41, 5.74) is 4.93. The van der Waals surface area contributed by atoms with Crippen LogP contribution in [0.3, 0.4) is 0 Å². The molecular formula is C22H17BrI2N2O3. The molecule has 30 heavy (non-hydrogen) atoms. The highest BCUT2D eigenvalue weighted by Gasteiger charge is 2.12. The maximum atomic E-state index is 12.2. The summed E-state index contributed by atoms with van der Waals surface area (Å²) >= 11 is 7.82. The number of carbonyl (C=O) groups is 1. The van der Waals surface area contributed by atoms with Crippen molar-refractivity contribution in [2.75, 3.05) is 7.11 Å². The molecule has 0 aliphatic carbocycles. The van der Waals surface area contributed by atoms with Crippen molar-refractivity contribution in [3.05, 3.63) is 89.0 Å². The summed E-state index contributed by atoms with van der Waals surface area (Å²) in [6.07, 6.45) is 1.58. The summed E-state index contributed by atoms with van der Waals surface area (Å²) in [4.78, 5) is 12.2. The van der Waals surface area contributed by atoms with Crippen LogP contribution in [0, 0.1) is 7.14 Å². The average Bonchev–Trinajstić information content (AvgIpc) is 2.74. The molecule has 1 amide bonds. The number of benzene rings is 3. The minimum atomic E-state index is -0.265. The van der Waals surface area contributed by atoms with Gasteiger partial charge >= 0.3 is 0 Å². The number of amides is 1. The molecule has 0 spiro atoms. The fourth-order valence-electron chi connectivity index (χ4n) is 2.52. The molecule has 0 aromatic heterocycles. The number of hydrogen-bond donors (Lipinski definition) is 1. The lowest BCUT2D eigenvalue weighted by Gasteiger charge is -2.13. The molecule has 0 saturated heterocycles. The van der Waals surface area contributed by atoms with Crippen molar-refractivity contribution in [1.29, 1.82) is 0 Å². The topological polar surface area (TPSA) is 59.9 Å². The molecular weight excluding hydrogens is 674 g/mol. The number of halogens is 3. The Hall–Kier alpha value is -1.66. The Morgan fingerprint density at radius 2 is 1.80 bits per heavy atom. The van der Waals surface area contributed by atoms with Crippen molar-refractivity contribution >= 4 is 73.2 Å². The molecule has 1 N–H and O–H groups in total. The van der Waals surface area contributed by atoms with Crippen LogP contribution in [0.5, 0.6) is 11.5 Å². The zero-order valence-corrected chi connectivity index (χ0v) is 21.8. The van der Waals surface area contributed by atoms with Gasteiger partial charge in [0.05, 0.1) is 16.9 Å². The highest BCUT2D eigenvalue weighted by atomic mass is 127. The number of hydrazone groups is 1. The number of ether oxygens (including phenoxy) is 2. The summed E-state index contributed by atoms with van der Waals surface area (Å²) in [5.74, 6) is 1.00. The minimum Gasteiger partial charge on any atom is -0.493 e. The van der Waals surface area contributed by atoms with Crippen molar-refractivity contribution in [3.8, 4) is 11.5 Å². The lowest BCUT2D eigenvalue weighted by atomic mass is 10.2. The van der Waals surface area contributed by atoms with Crippen LogP contribution in [0.1, 0.15) is 21.5 Å². The number of nitrogens with one attached hydrogen (secondary N) is 1. The van der Waals surface area contributed by atoms with Crippen LogP contribution in [0.15, 0.2) is 70.2 Å². The van der Waals surface area contributed by atoms with Gasteiger partial charge in [0.25, 0.3) is 5.91 Å². The zero-order valence-electron chi connectivity index (χ0n) is 15.9. The largest absolute Gasteiger partial charge is 0.493 e. The van der Waals surface area contributed by atoms with Crippen molar-refractivity contribution in [1.82, 2.24) is 5.43 Å². The third kappa shape index (κ3) is 6.42. The van der Waals surface area contributed by atoms with Crippen molar-refractivity contribution in [2.45, 2.75) is 6.61 Å². The van der Waals surface area contributed by atoms with E-state index in [0.29, 0.717) is 23.7 Å². The summed E-state index contributed by atoms with van der Waals surface area (Å²) < 4.78 is 14.5. The number of rotatable bonds is 7. The highest BCUT2D eigenvalue weighted by Crippen LogP contribution is 2.34. The number of methoxy groups -OCH3 is 1. The predicted octanol–water partition coefficient (Wildman–Crippen LogP) is 6.01. The monoisotopic (exact) mass is 690 g/mol. The first kappa shape index (κ1) is 23.0. The van der Waals surface area contributed by atoms with Gasteiger partial charge in [-0.2, -0.15) is 5.10 Å². The van der Waals surface area contributed by atoms with Gasteiger partial charge in [-0.05, 0) is 105 Å². The van der Waals surface area contributed by atoms with E-state index in [-0.39, 0.29) is 5.91 Å². The van der Waals surface area contributed by atoms with E-state index in [1.807, 2.05) is 48.5 Å². The van der Waals surface area contributed by atoms with Gasteiger partial charge in [0.2, 0.25) is 0 Å². The molecule has 8 heteroatoms. The Labute approximate surface area is 210 Å². The maximum Gasteiger partial charge on any atom is 0.271 e. The van der Waals surface area contributed by atoms with Gasteiger partial charge < -0.3 is 9.47 Å². The van der Waals surface area contributed by atoms with E-state index in [2.05, 4.69) is 71.6 Å². The molecule has 0 aliphatic rings. The smallest absolute Gasteiger partial charge is 0.271 e. The van der Waals surface area contributed by atoms with Crippen LogP contribution >= 0.6 is 61.1 Å². The van der Waals surface area contributed by atoms with Crippen LogP contribution in [0.25, 0.3) is 0 Å². The van der Waals surface area contributed by atoms with Crippen molar-refractivity contribution in [3.63, 3.8) is 0 Å². The van der Waals surface area contributed by atoms with E-state index in [4.69, 9.17) is 9.47 Å². The molecule has 0 unspecified atom stereocenters. The second kappa shape index (κ2) is 11.1. The average molecular weight is 691 g/mol. The van der Waals surface area contributed by atoms with E-state index in [0.717, 1.165) is 22.7 Å². The molecule has 0 saturated carbocycles. The number of nitrogens with zero attached hydrogens (tertiary/aromatic N) is 1. The molecule has 0 aliphatic heterocycles. The van der Waals surface area contributed by atoms with Gasteiger partial charge in [0.1, 0.15) is 6.61 Å². The van der Waals surface area contributed by atoms with Crippen molar-refractivity contribution in [2.24, 2.45) is 5.10 Å². The molecule has 0 fully saturated rings. The zero-order chi connectivity index (χ0) is 21.5. The molecule has 0 heterocycles. The summed E-state index contributed by atoms with van der Waals surface area (Å²) in [6, 6.07) is 19.0. The first-order chi connectivity index (χ1) is 14.5. The molecule has 0 bridgehead atoms. The lowest BCUT2D eigenvalue weighted by molar-refractivity contribution is 0.0955. The Bertz CT molecular complexity index is 1060. The third-order valence-corrected chi connectivity index (χ3v) is 6.08. The molecule has 3 rings (SSSR count). The minimum absolute atomic E-state index is 0.265. The lowest BCUT2D eigenvalue weighted by Crippen LogP contribution is -2.17. The van der Waals surface area contributed by atoms with Crippen LogP contribution in [-0.4, -0.2) is 19.2 Å². The Balaban J connectivity index is 1.68. The van der Waals surface area contributed by atoms with Gasteiger partial charge in [-0.25, -0.2) is 5.43 Å². The molecule has 154 valence electrons. The standard InChI is InChI=1S/C22H17BrI2N2O3/c1-29-20-11-15(12-26-27-22(28)16-4-8-18(24)9-5-16)10-19(25)21(20)30-13-14-2-6-17(23)7-3-14/h2-12H,13H2,1H3,(H,27,28)/b26-12-. The fourth-order valence-corrected chi connectivity index (χ4v) is 3.93. The number of carbonyl (C=O) groups excluding carboxylic acids is 1. The van der Waals surface area contributed by atoms with Gasteiger partial charge in [0.15, 0.2) is 11.5 Å². The number of hydrogen-bond acceptors (Lipinski definition) is 4. The van der Waals surface area contributed by atoms with Gasteiger partial charge in [-0.3, -0.25) is 4.79 Å². The Morgan fingerprint density at radius 3 is 2.47 bits per heavy atom. The molecule has 0 atom stereocenters. The van der Waals surface area contributed by atoms with Crippen LogP contribution < -0.4 is 14.9 Å². The van der Waals surface area contributed by atoms with E-state index < -0.39 is 0 Å². The van der Waals surface area contributed by atoms with Gasteiger partial charge in [0, 0.05) is 13.6 Å². The quantitative estimate of drug-likeness (QED) is 0.188. The van der Waals surface area contributed by atoms with E-state index in [1.165, 1.54) is 0 Å². The summed E-state index contributed by atoms with van der Waals surface area (Å²) in [7, 11) is 1.59. The van der Waals surface area contributed by atoms with Gasteiger partial charge in [-0.15, -0.1) is 0 Å². The summed E-state index contributed by atoms with van der Waals surface area (Å²) in [6.45, 7) is 0.430. The Kier molecular flexibility index (Phi) is 8.51. The fraction of sp³-hybridized carbons (Fsp3) is 0.0909. The second-order valence-electron chi connectivity index (χ2n) is 6.16. The van der Waals surface area contributed by atoms with Crippen LogP contribution in [-0.2, 0) is 6.61 Å². The van der Waals surface area contributed by atoms with Crippen molar-refractivity contribution < 1.29 is 14.3 Å². The molecule has 3 aromatic carbocycles. The van der Waals surface area contributed by atoms with E-state index >= 15 is 0 Å². The molecule has 5 nitrogen and oxygen atoms in total. The third-order valence-electron chi connectivity index (χ3n) is 4.03. The highest BCUT2D eigenvalue weighted by molar-refractivity contribution is 14.1. The van der Waals surface area contributed by atoms with Crippen LogP contribution in [0.2, 0.25) is 0 Å². The Morgan fingerprint density at radius 1 is 1.10 bits per heavy atom.